The Hall–Kier alpha value is -1.11. The number of hydrogen-bond acceptors (Lipinski definition) is 4. The Morgan fingerprint density at radius 1 is 1.00 bits per heavy atom. The second kappa shape index (κ2) is 6.48. The van der Waals surface area contributed by atoms with Crippen molar-refractivity contribution >= 4 is 83.4 Å². The molecule has 0 radical (unpaired) electrons. The van der Waals surface area contributed by atoms with Gasteiger partial charge in [0.2, 0.25) is 0 Å². The number of thiophene rings is 3. The molecule has 0 spiro atoms. The van der Waals surface area contributed by atoms with E-state index in [9.17, 15) is 0 Å². The first-order valence-corrected chi connectivity index (χ1v) is 17.1. The van der Waals surface area contributed by atoms with Crippen molar-refractivity contribution in [1.29, 1.82) is 0 Å². The Morgan fingerprint density at radius 3 is 2.65 bits per heavy atom. The van der Waals surface area contributed by atoms with Crippen LogP contribution in [0, 0.1) is 19.8 Å². The van der Waals surface area contributed by atoms with E-state index in [0.29, 0.717) is 5.92 Å². The maximum atomic E-state index is 2.70. The minimum Gasteiger partial charge on any atom is -0.145 e. The van der Waals surface area contributed by atoms with Gasteiger partial charge in [0.05, 0.1) is 9.40 Å². The van der Waals surface area contributed by atoms with E-state index in [4.69, 9.17) is 0 Å². The molecule has 4 aromatic rings. The lowest BCUT2D eigenvalue weighted by atomic mass is 9.92. The molecule has 5 heteroatoms. The molecular formula is C26H24S4Si. The lowest BCUT2D eigenvalue weighted by Gasteiger charge is -2.38. The van der Waals surface area contributed by atoms with Crippen LogP contribution < -0.4 is 4.50 Å². The van der Waals surface area contributed by atoms with Crippen LogP contribution in [0.2, 0.25) is 12.6 Å². The molecule has 0 nitrogen and oxygen atoms in total. The highest BCUT2D eigenvalue weighted by molar-refractivity contribution is 8.03. The Balaban J connectivity index is 1.63. The molecule has 3 aliphatic rings. The number of benzene rings is 1. The van der Waals surface area contributed by atoms with Gasteiger partial charge in [-0.2, -0.15) is 0 Å². The summed E-state index contributed by atoms with van der Waals surface area (Å²) in [4.78, 5) is 4.49. The zero-order valence-corrected chi connectivity index (χ0v) is 22.4. The van der Waals surface area contributed by atoms with E-state index in [1.165, 1.54) is 37.9 Å². The van der Waals surface area contributed by atoms with E-state index in [1.54, 1.807) is 29.9 Å². The van der Waals surface area contributed by atoms with Crippen LogP contribution in [0.15, 0.2) is 46.5 Å². The summed E-state index contributed by atoms with van der Waals surface area (Å²) in [7, 11) is -1.68. The number of fused-ring (bicyclic) bond motifs is 9. The maximum absolute atomic E-state index is 2.70. The first-order valence-electron chi connectivity index (χ1n) is 11.1. The third kappa shape index (κ3) is 2.47. The second-order valence-corrected chi connectivity index (χ2v) is 19.1. The average molecular weight is 493 g/mol. The highest BCUT2D eigenvalue weighted by Crippen LogP contribution is 2.58. The smallest absolute Gasteiger partial charge is 0.125 e. The second-order valence-electron chi connectivity index (χ2n) is 9.51. The first kappa shape index (κ1) is 19.4. The molecule has 1 fully saturated rings. The largest absolute Gasteiger partial charge is 0.145 e. The van der Waals surface area contributed by atoms with Crippen molar-refractivity contribution < 1.29 is 0 Å². The van der Waals surface area contributed by atoms with Crippen LogP contribution in [0.25, 0.3) is 25.1 Å². The maximum Gasteiger partial charge on any atom is 0.125 e. The summed E-state index contributed by atoms with van der Waals surface area (Å²) in [6.45, 7) is 9.65. The van der Waals surface area contributed by atoms with Crippen molar-refractivity contribution in [3.05, 3.63) is 67.4 Å². The number of hydrogen-bond donors (Lipinski definition) is 0. The zero-order chi connectivity index (χ0) is 21.1. The van der Waals surface area contributed by atoms with Crippen LogP contribution in [-0.2, 0) is 0 Å². The molecule has 0 amide bonds. The number of thioether (sulfide) groups is 1. The van der Waals surface area contributed by atoms with Crippen molar-refractivity contribution in [1.82, 2.24) is 0 Å². The molecule has 3 aliphatic heterocycles. The lowest BCUT2D eigenvalue weighted by molar-refractivity contribution is 0.679. The summed E-state index contributed by atoms with van der Waals surface area (Å²) in [5.74, 6) is 0.647. The molecule has 2 unspecified atom stereocenters. The van der Waals surface area contributed by atoms with Gasteiger partial charge < -0.3 is 0 Å². The minimum atomic E-state index is -1.68. The summed E-state index contributed by atoms with van der Waals surface area (Å²) < 4.78 is 6.35. The van der Waals surface area contributed by atoms with Crippen LogP contribution >= 0.6 is 45.8 Å². The Bertz CT molecular complexity index is 1480. The van der Waals surface area contributed by atoms with Gasteiger partial charge in [0.15, 0.2) is 0 Å². The summed E-state index contributed by atoms with van der Waals surface area (Å²) in [5, 5.41) is 4.10. The van der Waals surface area contributed by atoms with Gasteiger partial charge in [-0.15, -0.1) is 45.8 Å². The van der Waals surface area contributed by atoms with Gasteiger partial charge >= 0.3 is 0 Å². The van der Waals surface area contributed by atoms with E-state index >= 15 is 0 Å². The van der Waals surface area contributed by atoms with Crippen LogP contribution in [0.3, 0.4) is 0 Å². The average Bonchev–Trinajstić information content (AvgIpc) is 3.49. The SMILES string of the molecule is CC1=CC2C3=C(c4cc(C)sc4C)c4c(sc5c4sc4ccccc45)[Si@@]3(C)CCC2S1. The molecule has 31 heavy (non-hydrogen) atoms. The van der Waals surface area contributed by atoms with Gasteiger partial charge in [-0.25, -0.2) is 0 Å². The quantitative estimate of drug-likeness (QED) is 0.240. The van der Waals surface area contributed by atoms with E-state index in [-0.39, 0.29) is 0 Å². The van der Waals surface area contributed by atoms with Crippen molar-refractivity contribution in [3.63, 3.8) is 0 Å². The zero-order valence-electron chi connectivity index (χ0n) is 18.2. The third-order valence-electron chi connectivity index (χ3n) is 7.55. The molecule has 0 bridgehead atoms. The van der Waals surface area contributed by atoms with Crippen LogP contribution in [0.5, 0.6) is 0 Å². The van der Waals surface area contributed by atoms with Crippen LogP contribution in [0.1, 0.15) is 34.2 Å². The van der Waals surface area contributed by atoms with Gasteiger partial charge in [-0.1, -0.05) is 36.0 Å². The van der Waals surface area contributed by atoms with E-state index < -0.39 is 8.07 Å². The Labute approximate surface area is 200 Å². The number of aryl methyl sites for hydroxylation is 2. The number of allylic oxidation sites excluding steroid dienone is 3. The Kier molecular flexibility index (Phi) is 4.05. The topological polar surface area (TPSA) is 0 Å². The molecule has 3 aromatic heterocycles. The van der Waals surface area contributed by atoms with Crippen molar-refractivity contribution in [3.8, 4) is 0 Å². The monoisotopic (exact) mass is 492 g/mol. The normalized spacial score (nSPS) is 27.2. The van der Waals surface area contributed by atoms with Gasteiger partial charge in [0, 0.05) is 41.1 Å². The summed E-state index contributed by atoms with van der Waals surface area (Å²) in [6.07, 6.45) is 4.01. The fourth-order valence-corrected chi connectivity index (χ4v) is 17.6. The van der Waals surface area contributed by atoms with Crippen molar-refractivity contribution in [2.24, 2.45) is 5.92 Å². The molecule has 6 heterocycles. The number of rotatable bonds is 1. The van der Waals surface area contributed by atoms with Crippen LogP contribution in [-0.4, -0.2) is 13.3 Å². The molecule has 0 N–H and O–H groups in total. The van der Waals surface area contributed by atoms with Crippen molar-refractivity contribution in [2.75, 3.05) is 0 Å². The van der Waals surface area contributed by atoms with Gasteiger partial charge in [0.1, 0.15) is 8.07 Å². The first-order chi connectivity index (χ1) is 15.0. The molecular weight excluding hydrogens is 469 g/mol. The fraction of sp³-hybridized carbons (Fsp3) is 0.308. The van der Waals surface area contributed by atoms with Crippen LogP contribution in [0.4, 0.5) is 0 Å². The molecule has 1 saturated heterocycles. The minimum absolute atomic E-state index is 0.647. The molecule has 0 aliphatic carbocycles. The summed E-state index contributed by atoms with van der Waals surface area (Å²) >= 11 is 8.32. The predicted octanol–water partition coefficient (Wildman–Crippen LogP) is 8.47. The van der Waals surface area contributed by atoms with Gasteiger partial charge in [-0.3, -0.25) is 0 Å². The predicted molar refractivity (Wildman–Crippen MR) is 146 cm³/mol. The molecule has 7 rings (SSSR count). The third-order valence-corrected chi connectivity index (χ3v) is 18.2. The lowest BCUT2D eigenvalue weighted by Crippen LogP contribution is -2.49. The highest BCUT2D eigenvalue weighted by Gasteiger charge is 2.54. The Morgan fingerprint density at radius 2 is 1.84 bits per heavy atom. The highest BCUT2D eigenvalue weighted by atomic mass is 32.2. The standard InChI is InChI=1S/C26H24S4Si/c1-13-11-17(15(3)27-13)21-22-24-23(16-7-5-6-8-19(16)29-24)30-26(22)31(4)10-9-20-18(25(21)31)12-14(2)28-20/h5-8,11-12,18,20H,9-10H2,1-4H3/t18?,20?,31-/m0/s1. The van der Waals surface area contributed by atoms with E-state index in [0.717, 1.165) is 5.25 Å². The molecule has 0 saturated carbocycles. The van der Waals surface area contributed by atoms with Crippen molar-refractivity contribution in [2.45, 2.75) is 45.0 Å². The summed E-state index contributed by atoms with van der Waals surface area (Å²) in [5.41, 5.74) is 4.84. The van der Waals surface area contributed by atoms with Gasteiger partial charge in [0.25, 0.3) is 0 Å². The summed E-state index contributed by atoms with van der Waals surface area (Å²) in [6, 6.07) is 13.0. The van der Waals surface area contributed by atoms with E-state index in [2.05, 4.69) is 86.8 Å². The molecule has 156 valence electrons. The fourth-order valence-electron chi connectivity index (χ4n) is 6.28. The molecule has 1 aromatic carbocycles. The molecule has 3 atom stereocenters. The van der Waals surface area contributed by atoms with Gasteiger partial charge in [-0.05, 0) is 61.4 Å². The van der Waals surface area contributed by atoms with E-state index in [1.807, 2.05) is 27.9 Å².